The van der Waals surface area contributed by atoms with Gasteiger partial charge >= 0.3 is 7.82 Å². The summed E-state index contributed by atoms with van der Waals surface area (Å²) in [5.41, 5.74) is 0. The SMILES string of the molecule is CCCC/C=C/CCCCCCCCCCCC(=O)NC[C@H](O)COP(=O)(O)O. The Morgan fingerprint density at radius 2 is 1.45 bits per heavy atom. The van der Waals surface area contributed by atoms with Crippen LogP contribution in [0.1, 0.15) is 96.8 Å². The van der Waals surface area contributed by atoms with Gasteiger partial charge in [-0.25, -0.2) is 4.57 Å². The molecule has 0 aromatic carbocycles. The number of hydrogen-bond acceptors (Lipinski definition) is 4. The van der Waals surface area contributed by atoms with E-state index in [0.717, 1.165) is 19.3 Å². The van der Waals surface area contributed by atoms with Gasteiger partial charge in [0.05, 0.1) is 12.7 Å². The first-order valence-electron chi connectivity index (χ1n) is 11.1. The third-order valence-electron chi connectivity index (χ3n) is 4.64. The molecule has 0 aromatic heterocycles. The van der Waals surface area contributed by atoms with Gasteiger partial charge in [0, 0.05) is 13.0 Å². The smallest absolute Gasteiger partial charge is 0.389 e. The second-order valence-corrected chi connectivity index (χ2v) is 8.82. The van der Waals surface area contributed by atoms with Gasteiger partial charge in [-0.3, -0.25) is 9.32 Å². The van der Waals surface area contributed by atoms with Crippen molar-refractivity contribution < 1.29 is 28.8 Å². The third-order valence-corrected chi connectivity index (χ3v) is 5.12. The summed E-state index contributed by atoms with van der Waals surface area (Å²) in [7, 11) is -4.59. The Labute approximate surface area is 176 Å². The van der Waals surface area contributed by atoms with E-state index in [1.807, 2.05) is 0 Å². The van der Waals surface area contributed by atoms with Crippen LogP contribution in [-0.2, 0) is 13.9 Å². The van der Waals surface area contributed by atoms with Crippen LogP contribution in [0.4, 0.5) is 0 Å². The van der Waals surface area contributed by atoms with Crippen LogP contribution in [0.3, 0.4) is 0 Å². The zero-order valence-corrected chi connectivity index (χ0v) is 19.0. The maximum absolute atomic E-state index is 11.7. The quantitative estimate of drug-likeness (QED) is 0.126. The number of unbranched alkanes of at least 4 members (excludes halogenated alkanes) is 11. The number of phosphoric acid groups is 1. The van der Waals surface area contributed by atoms with E-state index in [9.17, 15) is 14.5 Å². The van der Waals surface area contributed by atoms with E-state index < -0.39 is 20.5 Å². The van der Waals surface area contributed by atoms with Crippen LogP contribution < -0.4 is 5.32 Å². The van der Waals surface area contributed by atoms with Crippen molar-refractivity contribution in [3.05, 3.63) is 12.2 Å². The average molecular weight is 436 g/mol. The molecular weight excluding hydrogens is 393 g/mol. The molecule has 0 unspecified atom stereocenters. The number of aliphatic hydroxyl groups is 1. The first kappa shape index (κ1) is 28.3. The van der Waals surface area contributed by atoms with E-state index in [1.165, 1.54) is 64.2 Å². The van der Waals surface area contributed by atoms with Crippen molar-refractivity contribution in [2.24, 2.45) is 0 Å². The zero-order chi connectivity index (χ0) is 21.8. The number of hydrogen-bond donors (Lipinski definition) is 4. The standard InChI is InChI=1S/C21H42NO6P/c1-2-3-4-5-6-7-8-9-10-11-12-13-14-15-16-17-21(24)22-18-20(23)19-28-29(25,26)27/h5-6,20,23H,2-4,7-19H2,1H3,(H,22,24)(H2,25,26,27)/b6-5+/t20-/m0/s1. The van der Waals surface area contributed by atoms with Gasteiger partial charge in [0.2, 0.25) is 5.91 Å². The molecule has 172 valence electrons. The van der Waals surface area contributed by atoms with Crippen LogP contribution in [0.5, 0.6) is 0 Å². The van der Waals surface area contributed by atoms with E-state index in [-0.39, 0.29) is 12.5 Å². The Hall–Kier alpha value is -0.720. The number of allylic oxidation sites excluding steroid dienone is 2. The van der Waals surface area contributed by atoms with E-state index in [4.69, 9.17) is 9.79 Å². The monoisotopic (exact) mass is 435 g/mol. The second-order valence-electron chi connectivity index (χ2n) is 7.58. The molecule has 0 aliphatic heterocycles. The van der Waals surface area contributed by atoms with Crippen molar-refractivity contribution in [2.75, 3.05) is 13.2 Å². The Balaban J connectivity index is 3.34. The highest BCUT2D eigenvalue weighted by Gasteiger charge is 2.17. The minimum absolute atomic E-state index is 0.0760. The normalized spacial score (nSPS) is 13.1. The minimum atomic E-state index is -4.59. The molecular formula is C21H42NO6P. The lowest BCUT2D eigenvalue weighted by Gasteiger charge is -2.12. The molecule has 8 heteroatoms. The number of carbonyl (C=O) groups is 1. The van der Waals surface area contributed by atoms with Crippen molar-refractivity contribution in [2.45, 2.75) is 103 Å². The molecule has 0 heterocycles. The van der Waals surface area contributed by atoms with Gasteiger partial charge in [-0.05, 0) is 25.7 Å². The summed E-state index contributed by atoms with van der Waals surface area (Å²) in [5.74, 6) is -0.163. The molecule has 0 saturated heterocycles. The molecule has 0 spiro atoms. The fraction of sp³-hybridized carbons (Fsp3) is 0.857. The predicted octanol–water partition coefficient (Wildman–Crippen LogP) is 4.61. The van der Waals surface area contributed by atoms with Gasteiger partial charge < -0.3 is 20.2 Å². The van der Waals surface area contributed by atoms with Crippen LogP contribution in [-0.4, -0.2) is 40.1 Å². The molecule has 0 rings (SSSR count). The van der Waals surface area contributed by atoms with Gasteiger partial charge in [0.25, 0.3) is 0 Å². The first-order valence-corrected chi connectivity index (χ1v) is 12.7. The average Bonchev–Trinajstić information content (AvgIpc) is 2.67. The van der Waals surface area contributed by atoms with E-state index in [1.54, 1.807) is 0 Å². The first-order chi connectivity index (χ1) is 13.8. The van der Waals surface area contributed by atoms with Crippen LogP contribution in [0.15, 0.2) is 12.2 Å². The lowest BCUT2D eigenvalue weighted by atomic mass is 10.1. The number of phosphoric ester groups is 1. The van der Waals surface area contributed by atoms with Crippen LogP contribution >= 0.6 is 7.82 Å². The highest BCUT2D eigenvalue weighted by atomic mass is 31.2. The number of carbonyl (C=O) groups excluding carboxylic acids is 1. The summed E-state index contributed by atoms with van der Waals surface area (Å²) >= 11 is 0. The van der Waals surface area contributed by atoms with Gasteiger partial charge in [-0.1, -0.05) is 76.9 Å². The number of amides is 1. The summed E-state index contributed by atoms with van der Waals surface area (Å²) < 4.78 is 14.7. The molecule has 0 aliphatic rings. The van der Waals surface area contributed by atoms with Crippen molar-refractivity contribution >= 4 is 13.7 Å². The predicted molar refractivity (Wildman–Crippen MR) is 116 cm³/mol. The summed E-state index contributed by atoms with van der Waals surface area (Å²) in [6.07, 6.45) is 19.5. The van der Waals surface area contributed by atoms with Gasteiger partial charge in [0.15, 0.2) is 0 Å². The molecule has 0 radical (unpaired) electrons. The Bertz CT molecular complexity index is 466. The molecule has 29 heavy (non-hydrogen) atoms. The third kappa shape index (κ3) is 23.4. The van der Waals surface area contributed by atoms with Crippen LogP contribution in [0.25, 0.3) is 0 Å². The lowest BCUT2D eigenvalue weighted by Crippen LogP contribution is -2.34. The molecule has 1 amide bonds. The Kier molecular flexibility index (Phi) is 18.8. The van der Waals surface area contributed by atoms with Crippen LogP contribution in [0.2, 0.25) is 0 Å². The van der Waals surface area contributed by atoms with Crippen molar-refractivity contribution in [1.29, 1.82) is 0 Å². The summed E-state index contributed by atoms with van der Waals surface area (Å²) in [4.78, 5) is 28.7. The van der Waals surface area contributed by atoms with Crippen molar-refractivity contribution in [1.82, 2.24) is 5.32 Å². The highest BCUT2D eigenvalue weighted by molar-refractivity contribution is 7.46. The molecule has 4 N–H and O–H groups in total. The summed E-state index contributed by atoms with van der Waals surface area (Å²) in [5, 5.41) is 12.0. The second kappa shape index (κ2) is 19.3. The number of aliphatic hydroxyl groups excluding tert-OH is 1. The fourth-order valence-electron chi connectivity index (χ4n) is 2.90. The Morgan fingerprint density at radius 3 is 2.00 bits per heavy atom. The maximum Gasteiger partial charge on any atom is 0.469 e. The minimum Gasteiger partial charge on any atom is -0.389 e. The topological polar surface area (TPSA) is 116 Å². The van der Waals surface area contributed by atoms with Gasteiger partial charge in [0.1, 0.15) is 0 Å². The summed E-state index contributed by atoms with van der Waals surface area (Å²) in [6, 6.07) is 0. The zero-order valence-electron chi connectivity index (χ0n) is 18.1. The van der Waals surface area contributed by atoms with Gasteiger partial charge in [-0.15, -0.1) is 0 Å². The van der Waals surface area contributed by atoms with E-state index >= 15 is 0 Å². The van der Waals surface area contributed by atoms with Gasteiger partial charge in [-0.2, -0.15) is 0 Å². The molecule has 7 nitrogen and oxygen atoms in total. The molecule has 0 fully saturated rings. The Morgan fingerprint density at radius 1 is 0.931 bits per heavy atom. The van der Waals surface area contributed by atoms with Crippen LogP contribution in [0, 0.1) is 0 Å². The lowest BCUT2D eigenvalue weighted by molar-refractivity contribution is -0.121. The molecule has 0 bridgehead atoms. The molecule has 0 saturated carbocycles. The summed E-state index contributed by atoms with van der Waals surface area (Å²) in [6.45, 7) is 1.63. The number of rotatable bonds is 20. The number of nitrogens with one attached hydrogen (secondary N) is 1. The molecule has 0 aliphatic carbocycles. The van der Waals surface area contributed by atoms with Crippen molar-refractivity contribution in [3.8, 4) is 0 Å². The molecule has 1 atom stereocenters. The highest BCUT2D eigenvalue weighted by Crippen LogP contribution is 2.35. The van der Waals surface area contributed by atoms with Crippen molar-refractivity contribution in [3.63, 3.8) is 0 Å². The van der Waals surface area contributed by atoms with E-state index in [0.29, 0.717) is 6.42 Å². The largest absolute Gasteiger partial charge is 0.469 e. The van der Waals surface area contributed by atoms with E-state index in [2.05, 4.69) is 28.9 Å². The maximum atomic E-state index is 11.7. The fourth-order valence-corrected chi connectivity index (χ4v) is 3.27. The molecule has 0 aromatic rings.